The zero-order valence-electron chi connectivity index (χ0n) is 19.5. The maximum Gasteiger partial charge on any atom is 0.164 e. The summed E-state index contributed by atoms with van der Waals surface area (Å²) in [7, 11) is 0. The first-order valence-electron chi connectivity index (χ1n) is 11.8. The topological polar surface area (TPSA) is 32.3 Å². The third kappa shape index (κ3) is 3.40. The molecule has 0 spiro atoms. The number of carbonyl (C=O) groups excluding carboxylic acids is 1. The summed E-state index contributed by atoms with van der Waals surface area (Å²) in [5.41, 5.74) is 6.79. The molecule has 0 fully saturated rings. The van der Waals surface area contributed by atoms with Gasteiger partial charge in [0.2, 0.25) is 0 Å². The fourth-order valence-electron chi connectivity index (χ4n) is 5.57. The van der Waals surface area contributed by atoms with Gasteiger partial charge in [0.15, 0.2) is 5.78 Å². The van der Waals surface area contributed by atoms with Crippen LogP contribution in [0.25, 0.3) is 16.3 Å². The van der Waals surface area contributed by atoms with Gasteiger partial charge in [-0.2, -0.15) is 0 Å². The molecule has 1 N–H and O–H groups in total. The zero-order chi connectivity index (χ0) is 22.5. The quantitative estimate of drug-likeness (QED) is 0.489. The average Bonchev–Trinajstić information content (AvgIpc) is 2.78. The number of anilines is 2. The third-order valence-corrected chi connectivity index (χ3v) is 7.09. The molecule has 3 nitrogen and oxygen atoms in total. The maximum absolute atomic E-state index is 13.6. The molecule has 2 aliphatic rings. The summed E-state index contributed by atoms with van der Waals surface area (Å²) in [5, 5.41) is 6.16. The number of nitrogens with one attached hydrogen (secondary N) is 1. The van der Waals surface area contributed by atoms with Crippen molar-refractivity contribution in [3.63, 3.8) is 0 Å². The lowest BCUT2D eigenvalue weighted by atomic mass is 9.68. The number of hydrogen-bond donors (Lipinski definition) is 1. The maximum atomic E-state index is 13.6. The predicted octanol–water partition coefficient (Wildman–Crippen LogP) is 7.00. The Labute approximate surface area is 191 Å². The van der Waals surface area contributed by atoms with Gasteiger partial charge in [0.25, 0.3) is 0 Å². The fraction of sp³-hybridized carbons (Fsp3) is 0.345. The standard InChI is InChI=1S/C29H32N2O/c1-5-31(6-2)21-14-11-20(12-15-21)28-23-17-29(3,4)18-25(32)27(23)26-22-10-8-7-9-19(22)13-16-24(26)30-28/h7-16,28,30H,5-6,17-18H2,1-4H3. The molecule has 0 saturated heterocycles. The summed E-state index contributed by atoms with van der Waals surface area (Å²) < 4.78 is 0. The first-order valence-corrected chi connectivity index (χ1v) is 11.8. The Morgan fingerprint density at radius 3 is 2.38 bits per heavy atom. The van der Waals surface area contributed by atoms with Crippen molar-refractivity contribution in [3.8, 4) is 0 Å². The smallest absolute Gasteiger partial charge is 0.164 e. The molecule has 1 aliphatic heterocycles. The highest BCUT2D eigenvalue weighted by molar-refractivity contribution is 6.28. The van der Waals surface area contributed by atoms with Crippen LogP contribution in [0.4, 0.5) is 11.4 Å². The highest BCUT2D eigenvalue weighted by atomic mass is 16.1. The molecule has 1 aliphatic carbocycles. The summed E-state index contributed by atoms with van der Waals surface area (Å²) in [6.07, 6.45) is 1.52. The third-order valence-electron chi connectivity index (χ3n) is 7.09. The van der Waals surface area contributed by atoms with Crippen LogP contribution in [0.15, 0.2) is 66.2 Å². The predicted molar refractivity (Wildman–Crippen MR) is 135 cm³/mol. The van der Waals surface area contributed by atoms with Crippen LogP contribution in [-0.2, 0) is 4.79 Å². The molecular formula is C29H32N2O. The number of fused-ring (bicyclic) bond motifs is 4. The second-order valence-corrected chi connectivity index (χ2v) is 9.89. The van der Waals surface area contributed by atoms with Gasteiger partial charge in [-0.3, -0.25) is 4.79 Å². The van der Waals surface area contributed by atoms with Crippen LogP contribution < -0.4 is 10.2 Å². The van der Waals surface area contributed by atoms with Crippen molar-refractivity contribution in [3.05, 3.63) is 77.4 Å². The van der Waals surface area contributed by atoms with E-state index in [2.05, 4.69) is 98.6 Å². The van der Waals surface area contributed by atoms with Gasteiger partial charge in [-0.05, 0) is 65.8 Å². The zero-order valence-corrected chi connectivity index (χ0v) is 19.5. The van der Waals surface area contributed by atoms with Gasteiger partial charge in [0, 0.05) is 42.0 Å². The van der Waals surface area contributed by atoms with Gasteiger partial charge in [-0.15, -0.1) is 0 Å². The van der Waals surface area contributed by atoms with Crippen LogP contribution in [0.1, 0.15) is 57.7 Å². The highest BCUT2D eigenvalue weighted by Crippen LogP contribution is 2.51. The Balaban J connectivity index is 1.68. The molecule has 1 atom stereocenters. The van der Waals surface area contributed by atoms with E-state index in [4.69, 9.17) is 0 Å². The van der Waals surface area contributed by atoms with Crippen molar-refractivity contribution >= 4 is 33.5 Å². The molecule has 0 saturated carbocycles. The second-order valence-electron chi connectivity index (χ2n) is 9.89. The van der Waals surface area contributed by atoms with E-state index in [1.807, 2.05) is 0 Å². The molecule has 0 radical (unpaired) electrons. The lowest BCUT2D eigenvalue weighted by Gasteiger charge is -2.40. The fourth-order valence-corrected chi connectivity index (χ4v) is 5.57. The SMILES string of the molecule is CCN(CC)c1ccc(C2Nc3ccc4ccccc4c3C3=C2CC(C)(C)CC3=O)cc1. The number of rotatable bonds is 4. The molecule has 1 heterocycles. The van der Waals surface area contributed by atoms with Gasteiger partial charge in [0.1, 0.15) is 0 Å². The minimum atomic E-state index is -0.0287. The molecule has 0 bridgehead atoms. The highest BCUT2D eigenvalue weighted by Gasteiger charge is 2.40. The number of nitrogens with zero attached hydrogens (tertiary/aromatic N) is 1. The number of hydrogen-bond acceptors (Lipinski definition) is 3. The first-order chi connectivity index (χ1) is 15.4. The lowest BCUT2D eigenvalue weighted by molar-refractivity contribution is -0.116. The van der Waals surface area contributed by atoms with Gasteiger partial charge in [0.05, 0.1) is 6.04 Å². The molecule has 32 heavy (non-hydrogen) atoms. The van der Waals surface area contributed by atoms with Crippen molar-refractivity contribution in [1.82, 2.24) is 0 Å². The Morgan fingerprint density at radius 1 is 0.938 bits per heavy atom. The molecule has 1 unspecified atom stereocenters. The molecule has 0 amide bonds. The summed E-state index contributed by atoms with van der Waals surface area (Å²) in [6, 6.07) is 21.6. The van der Waals surface area contributed by atoms with E-state index in [1.165, 1.54) is 22.2 Å². The lowest BCUT2D eigenvalue weighted by Crippen LogP contribution is -2.32. The Bertz CT molecular complexity index is 1220. The number of carbonyl (C=O) groups is 1. The van der Waals surface area contributed by atoms with Crippen molar-refractivity contribution in [2.45, 2.75) is 46.6 Å². The largest absolute Gasteiger partial charge is 0.374 e. The average molecular weight is 425 g/mol. The van der Waals surface area contributed by atoms with Crippen LogP contribution in [0, 0.1) is 5.41 Å². The molecule has 3 aromatic rings. The summed E-state index contributed by atoms with van der Waals surface area (Å²) >= 11 is 0. The van der Waals surface area contributed by atoms with E-state index in [-0.39, 0.29) is 17.2 Å². The van der Waals surface area contributed by atoms with E-state index < -0.39 is 0 Å². The van der Waals surface area contributed by atoms with Gasteiger partial charge >= 0.3 is 0 Å². The van der Waals surface area contributed by atoms with Crippen LogP contribution in [0.2, 0.25) is 0 Å². The van der Waals surface area contributed by atoms with Crippen molar-refractivity contribution in [2.24, 2.45) is 5.41 Å². The normalized spacial score (nSPS) is 19.4. The summed E-state index contributed by atoms with van der Waals surface area (Å²) in [6.45, 7) is 10.8. The van der Waals surface area contributed by atoms with Gasteiger partial charge in [-0.25, -0.2) is 0 Å². The van der Waals surface area contributed by atoms with Crippen molar-refractivity contribution in [1.29, 1.82) is 0 Å². The molecule has 5 rings (SSSR count). The van der Waals surface area contributed by atoms with Gasteiger partial charge in [-0.1, -0.05) is 56.3 Å². The summed E-state index contributed by atoms with van der Waals surface area (Å²) in [4.78, 5) is 15.9. The number of allylic oxidation sites excluding steroid dienone is 1. The first kappa shape index (κ1) is 20.8. The van der Waals surface area contributed by atoms with Crippen LogP contribution in [-0.4, -0.2) is 18.9 Å². The molecule has 3 aromatic carbocycles. The van der Waals surface area contributed by atoms with E-state index in [0.717, 1.165) is 41.7 Å². The number of ketones is 1. The van der Waals surface area contributed by atoms with Crippen molar-refractivity contribution < 1.29 is 4.79 Å². The Morgan fingerprint density at radius 2 is 1.66 bits per heavy atom. The van der Waals surface area contributed by atoms with E-state index in [0.29, 0.717) is 6.42 Å². The molecule has 3 heteroatoms. The van der Waals surface area contributed by atoms with E-state index in [9.17, 15) is 4.79 Å². The minimum absolute atomic E-state index is 0.0212. The van der Waals surface area contributed by atoms with Crippen LogP contribution in [0.5, 0.6) is 0 Å². The van der Waals surface area contributed by atoms with E-state index in [1.54, 1.807) is 0 Å². The Hall–Kier alpha value is -3.07. The van der Waals surface area contributed by atoms with Crippen LogP contribution in [0.3, 0.4) is 0 Å². The minimum Gasteiger partial charge on any atom is -0.374 e. The van der Waals surface area contributed by atoms with Crippen molar-refractivity contribution in [2.75, 3.05) is 23.3 Å². The molecule has 0 aromatic heterocycles. The summed E-state index contributed by atoms with van der Waals surface area (Å²) in [5.74, 6) is 0.278. The second kappa shape index (κ2) is 7.81. The molecular weight excluding hydrogens is 392 g/mol. The monoisotopic (exact) mass is 424 g/mol. The number of Topliss-reactive ketones (excluding diaryl/α,β-unsaturated/α-hetero) is 1. The Kier molecular flexibility index (Phi) is 5.08. The molecule has 164 valence electrons. The van der Waals surface area contributed by atoms with Crippen LogP contribution >= 0.6 is 0 Å². The number of benzene rings is 3. The van der Waals surface area contributed by atoms with Gasteiger partial charge < -0.3 is 10.2 Å². The van der Waals surface area contributed by atoms with E-state index >= 15 is 0 Å².